The lowest BCUT2D eigenvalue weighted by atomic mass is 9.98. The van der Waals surface area contributed by atoms with Crippen molar-refractivity contribution >= 4 is 27.7 Å². The number of hydrogen-bond donors (Lipinski definition) is 2. The standard InChI is InChI=1S/C15H23BrN4/c1-2-7-17-15-19-9-13(16)14(20-15)18-8-12(10-3-4-10)11-5-6-11/h9-12H,2-8H2,1H3,(H2,17,18,19,20). The third-order valence-corrected chi connectivity index (χ3v) is 4.82. The van der Waals surface area contributed by atoms with Gasteiger partial charge < -0.3 is 10.6 Å². The smallest absolute Gasteiger partial charge is 0.224 e. The molecule has 0 aromatic carbocycles. The van der Waals surface area contributed by atoms with Gasteiger partial charge in [-0.25, -0.2) is 4.98 Å². The van der Waals surface area contributed by atoms with Gasteiger partial charge in [-0.2, -0.15) is 4.98 Å². The molecule has 2 aliphatic carbocycles. The van der Waals surface area contributed by atoms with Gasteiger partial charge in [-0.3, -0.25) is 0 Å². The molecule has 110 valence electrons. The summed E-state index contributed by atoms with van der Waals surface area (Å²) in [5.74, 6) is 4.42. The highest BCUT2D eigenvalue weighted by atomic mass is 79.9. The average molecular weight is 339 g/mol. The van der Waals surface area contributed by atoms with E-state index in [4.69, 9.17) is 0 Å². The van der Waals surface area contributed by atoms with E-state index in [-0.39, 0.29) is 0 Å². The SMILES string of the molecule is CCCNc1ncc(Br)c(NCC(C2CC2)C2CC2)n1. The second-order valence-electron chi connectivity index (χ2n) is 6.04. The molecule has 3 rings (SSSR count). The van der Waals surface area contributed by atoms with Crippen LogP contribution in [0.15, 0.2) is 10.7 Å². The first-order valence-corrected chi connectivity index (χ1v) is 8.57. The van der Waals surface area contributed by atoms with Gasteiger partial charge in [-0.1, -0.05) is 6.92 Å². The Bertz CT molecular complexity index is 445. The highest BCUT2D eigenvalue weighted by Crippen LogP contribution is 2.49. The minimum Gasteiger partial charge on any atom is -0.369 e. The fourth-order valence-electron chi connectivity index (χ4n) is 2.79. The highest BCUT2D eigenvalue weighted by molar-refractivity contribution is 9.10. The molecule has 0 atom stereocenters. The quantitative estimate of drug-likeness (QED) is 0.754. The van der Waals surface area contributed by atoms with E-state index >= 15 is 0 Å². The molecule has 2 fully saturated rings. The Labute approximate surface area is 129 Å². The summed E-state index contributed by atoms with van der Waals surface area (Å²) in [5.41, 5.74) is 0. The first-order chi connectivity index (χ1) is 9.78. The Hall–Kier alpha value is -0.840. The Morgan fingerprint density at radius 2 is 1.95 bits per heavy atom. The van der Waals surface area contributed by atoms with Crippen LogP contribution in [-0.2, 0) is 0 Å². The van der Waals surface area contributed by atoms with Crippen molar-refractivity contribution in [1.29, 1.82) is 0 Å². The Kier molecular flexibility index (Phi) is 4.44. The normalized spacial score (nSPS) is 18.4. The molecule has 0 unspecified atom stereocenters. The van der Waals surface area contributed by atoms with Gasteiger partial charge in [0.2, 0.25) is 5.95 Å². The minimum absolute atomic E-state index is 0.715. The highest BCUT2D eigenvalue weighted by Gasteiger charge is 2.41. The molecule has 1 aromatic rings. The van der Waals surface area contributed by atoms with Crippen LogP contribution in [0.2, 0.25) is 0 Å². The zero-order valence-electron chi connectivity index (χ0n) is 12.0. The van der Waals surface area contributed by atoms with E-state index in [9.17, 15) is 0 Å². The number of nitrogens with zero attached hydrogens (tertiary/aromatic N) is 2. The van der Waals surface area contributed by atoms with E-state index in [1.54, 1.807) is 0 Å². The number of nitrogens with one attached hydrogen (secondary N) is 2. The van der Waals surface area contributed by atoms with Crippen LogP contribution in [0.1, 0.15) is 39.0 Å². The van der Waals surface area contributed by atoms with E-state index in [0.29, 0.717) is 5.95 Å². The summed E-state index contributed by atoms with van der Waals surface area (Å²) >= 11 is 3.54. The van der Waals surface area contributed by atoms with Gasteiger partial charge in [0.1, 0.15) is 5.82 Å². The summed E-state index contributed by atoms with van der Waals surface area (Å²) in [6, 6.07) is 0. The topological polar surface area (TPSA) is 49.8 Å². The first kappa shape index (κ1) is 14.1. The lowest BCUT2D eigenvalue weighted by Crippen LogP contribution is -2.19. The molecule has 1 aromatic heterocycles. The number of halogens is 1. The predicted molar refractivity (Wildman–Crippen MR) is 85.9 cm³/mol. The number of rotatable bonds is 8. The fourth-order valence-corrected chi connectivity index (χ4v) is 3.13. The predicted octanol–water partition coefficient (Wildman–Crippen LogP) is 3.91. The largest absolute Gasteiger partial charge is 0.369 e. The van der Waals surface area contributed by atoms with Gasteiger partial charge in [0.15, 0.2) is 0 Å². The number of anilines is 2. The molecule has 0 aliphatic heterocycles. The molecule has 2 aliphatic rings. The minimum atomic E-state index is 0.715. The van der Waals surface area contributed by atoms with Gasteiger partial charge in [0.25, 0.3) is 0 Å². The van der Waals surface area contributed by atoms with E-state index in [1.807, 2.05) is 6.20 Å². The summed E-state index contributed by atoms with van der Waals surface area (Å²) in [5, 5.41) is 6.77. The van der Waals surface area contributed by atoms with E-state index in [2.05, 4.69) is 43.5 Å². The van der Waals surface area contributed by atoms with Crippen LogP contribution in [-0.4, -0.2) is 23.1 Å². The second kappa shape index (κ2) is 6.29. The third kappa shape index (κ3) is 3.62. The van der Waals surface area contributed by atoms with Crippen molar-refractivity contribution in [3.8, 4) is 0 Å². The zero-order chi connectivity index (χ0) is 13.9. The summed E-state index contributed by atoms with van der Waals surface area (Å²) in [6.45, 7) is 4.10. The van der Waals surface area contributed by atoms with Crippen LogP contribution in [0.4, 0.5) is 11.8 Å². The maximum atomic E-state index is 4.56. The van der Waals surface area contributed by atoms with Crippen molar-refractivity contribution in [3.05, 3.63) is 10.7 Å². The summed E-state index contributed by atoms with van der Waals surface area (Å²) in [4.78, 5) is 8.85. The van der Waals surface area contributed by atoms with Crippen LogP contribution in [0.25, 0.3) is 0 Å². The van der Waals surface area contributed by atoms with Crippen molar-refractivity contribution in [1.82, 2.24) is 9.97 Å². The van der Waals surface area contributed by atoms with Crippen LogP contribution in [0, 0.1) is 17.8 Å². The monoisotopic (exact) mass is 338 g/mol. The molecule has 1 heterocycles. The molecule has 5 heteroatoms. The molecule has 2 N–H and O–H groups in total. The zero-order valence-corrected chi connectivity index (χ0v) is 13.6. The second-order valence-corrected chi connectivity index (χ2v) is 6.89. The molecule has 0 bridgehead atoms. The van der Waals surface area contributed by atoms with E-state index < -0.39 is 0 Å². The van der Waals surface area contributed by atoms with E-state index in [1.165, 1.54) is 25.7 Å². The van der Waals surface area contributed by atoms with Gasteiger partial charge in [-0.15, -0.1) is 0 Å². The van der Waals surface area contributed by atoms with E-state index in [0.717, 1.165) is 47.6 Å². The van der Waals surface area contributed by atoms with Crippen LogP contribution in [0.3, 0.4) is 0 Å². The first-order valence-electron chi connectivity index (χ1n) is 7.78. The Morgan fingerprint density at radius 3 is 2.55 bits per heavy atom. The van der Waals surface area contributed by atoms with Crippen molar-refractivity contribution < 1.29 is 0 Å². The summed E-state index contributed by atoms with van der Waals surface area (Å²) < 4.78 is 0.949. The van der Waals surface area contributed by atoms with Crippen molar-refractivity contribution in [2.24, 2.45) is 17.8 Å². The number of hydrogen-bond acceptors (Lipinski definition) is 4. The molecule has 0 saturated heterocycles. The summed E-state index contributed by atoms with van der Waals surface area (Å²) in [7, 11) is 0. The maximum absolute atomic E-state index is 4.56. The lowest BCUT2D eigenvalue weighted by Gasteiger charge is -2.17. The maximum Gasteiger partial charge on any atom is 0.224 e. The Balaban J connectivity index is 1.60. The third-order valence-electron chi connectivity index (χ3n) is 4.24. The van der Waals surface area contributed by atoms with Gasteiger partial charge >= 0.3 is 0 Å². The molecule has 0 amide bonds. The molecule has 0 radical (unpaired) electrons. The molecule has 2 saturated carbocycles. The van der Waals surface area contributed by atoms with Crippen LogP contribution in [0.5, 0.6) is 0 Å². The van der Waals surface area contributed by atoms with Crippen molar-refractivity contribution in [2.45, 2.75) is 39.0 Å². The molecular formula is C15H23BrN4. The van der Waals surface area contributed by atoms with Crippen LogP contribution >= 0.6 is 15.9 Å². The van der Waals surface area contributed by atoms with Gasteiger partial charge in [-0.05, 0) is 65.8 Å². The summed E-state index contributed by atoms with van der Waals surface area (Å²) in [6.07, 6.45) is 8.62. The van der Waals surface area contributed by atoms with Crippen molar-refractivity contribution in [2.75, 3.05) is 23.7 Å². The van der Waals surface area contributed by atoms with Crippen LogP contribution < -0.4 is 10.6 Å². The molecule has 20 heavy (non-hydrogen) atoms. The lowest BCUT2D eigenvalue weighted by molar-refractivity contribution is 0.427. The fraction of sp³-hybridized carbons (Fsp3) is 0.733. The molecule has 4 nitrogen and oxygen atoms in total. The molecule has 0 spiro atoms. The van der Waals surface area contributed by atoms with Gasteiger partial charge in [0.05, 0.1) is 4.47 Å². The van der Waals surface area contributed by atoms with Gasteiger partial charge in [0, 0.05) is 19.3 Å². The molecular weight excluding hydrogens is 316 g/mol. The number of aromatic nitrogens is 2. The van der Waals surface area contributed by atoms with Crippen molar-refractivity contribution in [3.63, 3.8) is 0 Å². The average Bonchev–Trinajstić information content (AvgIpc) is 3.32. The Morgan fingerprint density at radius 1 is 1.25 bits per heavy atom.